The van der Waals surface area contributed by atoms with Gasteiger partial charge >= 0.3 is 0 Å². The summed E-state index contributed by atoms with van der Waals surface area (Å²) in [6, 6.07) is 0. The number of carbonyl (C=O) groups is 1. The Kier molecular flexibility index (Phi) is 2.63. The van der Waals surface area contributed by atoms with Crippen molar-refractivity contribution in [2.45, 2.75) is 25.7 Å². The molecule has 14 heavy (non-hydrogen) atoms. The Balaban J connectivity index is 2.16. The Morgan fingerprint density at radius 1 is 1.50 bits per heavy atom. The van der Waals surface area contributed by atoms with Crippen molar-refractivity contribution in [3.05, 3.63) is 23.2 Å². The van der Waals surface area contributed by atoms with E-state index in [0.717, 1.165) is 12.8 Å². The standard InChI is InChI=1S/C10H12N2OS/c1-2-9(13)12-10-11-7-5-3-4-6-8(7)14-10/h2H,1,3-6H2,(H,11,12,13). The molecule has 3 nitrogen and oxygen atoms in total. The van der Waals surface area contributed by atoms with E-state index in [4.69, 9.17) is 0 Å². The third-order valence-corrected chi connectivity index (χ3v) is 3.33. The van der Waals surface area contributed by atoms with Crippen LogP contribution in [0.2, 0.25) is 0 Å². The molecule has 74 valence electrons. The van der Waals surface area contributed by atoms with Crippen LogP contribution < -0.4 is 5.32 Å². The highest BCUT2D eigenvalue weighted by Gasteiger charge is 2.15. The fourth-order valence-corrected chi connectivity index (χ4v) is 2.61. The van der Waals surface area contributed by atoms with Crippen molar-refractivity contribution in [1.82, 2.24) is 4.98 Å². The maximum Gasteiger partial charge on any atom is 0.249 e. The number of thiazole rings is 1. The number of hydrogen-bond acceptors (Lipinski definition) is 3. The number of anilines is 1. The summed E-state index contributed by atoms with van der Waals surface area (Å²) in [5, 5.41) is 3.41. The van der Waals surface area contributed by atoms with Gasteiger partial charge in [0.05, 0.1) is 5.69 Å². The van der Waals surface area contributed by atoms with E-state index in [1.54, 1.807) is 11.3 Å². The van der Waals surface area contributed by atoms with E-state index < -0.39 is 0 Å². The molecule has 0 radical (unpaired) electrons. The van der Waals surface area contributed by atoms with Gasteiger partial charge in [0.15, 0.2) is 5.13 Å². The molecule has 0 fully saturated rings. The Labute approximate surface area is 86.9 Å². The van der Waals surface area contributed by atoms with Crippen LogP contribution in [-0.4, -0.2) is 10.9 Å². The number of carbonyl (C=O) groups excluding carboxylic acids is 1. The number of fused-ring (bicyclic) bond motifs is 1. The number of nitrogens with zero attached hydrogens (tertiary/aromatic N) is 1. The zero-order valence-corrected chi connectivity index (χ0v) is 8.69. The molecule has 2 rings (SSSR count). The number of aryl methyl sites for hydroxylation is 2. The van der Waals surface area contributed by atoms with Crippen LogP contribution >= 0.6 is 11.3 Å². The van der Waals surface area contributed by atoms with Gasteiger partial charge in [0.2, 0.25) is 5.91 Å². The van der Waals surface area contributed by atoms with E-state index in [1.807, 2.05) is 0 Å². The molecular weight excluding hydrogens is 196 g/mol. The van der Waals surface area contributed by atoms with E-state index in [2.05, 4.69) is 16.9 Å². The molecule has 0 unspecified atom stereocenters. The van der Waals surface area contributed by atoms with Crippen LogP contribution in [0.3, 0.4) is 0 Å². The van der Waals surface area contributed by atoms with Gasteiger partial charge in [-0.25, -0.2) is 4.98 Å². The maximum atomic E-state index is 11.0. The molecule has 0 saturated carbocycles. The molecule has 0 spiro atoms. The average Bonchev–Trinajstić information content (AvgIpc) is 2.59. The number of nitrogens with one attached hydrogen (secondary N) is 1. The summed E-state index contributed by atoms with van der Waals surface area (Å²) in [4.78, 5) is 16.7. The van der Waals surface area contributed by atoms with Crippen molar-refractivity contribution in [2.24, 2.45) is 0 Å². The van der Waals surface area contributed by atoms with E-state index >= 15 is 0 Å². The van der Waals surface area contributed by atoms with Gasteiger partial charge in [-0.1, -0.05) is 6.58 Å². The van der Waals surface area contributed by atoms with Gasteiger partial charge in [0.25, 0.3) is 0 Å². The Morgan fingerprint density at radius 2 is 2.29 bits per heavy atom. The Hall–Kier alpha value is -1.16. The minimum atomic E-state index is -0.184. The first kappa shape index (κ1) is 9.40. The zero-order chi connectivity index (χ0) is 9.97. The predicted molar refractivity (Wildman–Crippen MR) is 57.6 cm³/mol. The first-order valence-electron chi connectivity index (χ1n) is 4.71. The van der Waals surface area contributed by atoms with Gasteiger partial charge in [0.1, 0.15) is 0 Å². The second kappa shape index (κ2) is 3.92. The lowest BCUT2D eigenvalue weighted by atomic mass is 10.0. The maximum absolute atomic E-state index is 11.0. The summed E-state index contributed by atoms with van der Waals surface area (Å²) in [6.07, 6.45) is 5.88. The van der Waals surface area contributed by atoms with Crippen LogP contribution in [0.4, 0.5) is 5.13 Å². The molecule has 1 N–H and O–H groups in total. The second-order valence-corrected chi connectivity index (χ2v) is 4.37. The highest BCUT2D eigenvalue weighted by molar-refractivity contribution is 7.15. The molecule has 1 aliphatic rings. The van der Waals surface area contributed by atoms with Crippen molar-refractivity contribution in [3.8, 4) is 0 Å². The lowest BCUT2D eigenvalue weighted by Crippen LogP contribution is -2.06. The first-order valence-corrected chi connectivity index (χ1v) is 5.53. The average molecular weight is 208 g/mol. The Bertz CT molecular complexity index is 347. The Morgan fingerprint density at radius 3 is 3.00 bits per heavy atom. The zero-order valence-electron chi connectivity index (χ0n) is 7.88. The third-order valence-electron chi connectivity index (χ3n) is 2.26. The molecule has 0 bridgehead atoms. The molecule has 1 heterocycles. The molecule has 0 atom stereocenters. The van der Waals surface area contributed by atoms with Gasteiger partial charge in [-0.2, -0.15) is 0 Å². The summed E-state index contributed by atoms with van der Waals surface area (Å²) in [5.41, 5.74) is 1.17. The SMILES string of the molecule is C=CC(=O)Nc1nc2c(s1)CCCC2. The van der Waals surface area contributed by atoms with Crippen LogP contribution in [-0.2, 0) is 17.6 Å². The monoisotopic (exact) mass is 208 g/mol. The quantitative estimate of drug-likeness (QED) is 0.757. The molecule has 1 aromatic heterocycles. The van der Waals surface area contributed by atoms with Crippen molar-refractivity contribution in [3.63, 3.8) is 0 Å². The van der Waals surface area contributed by atoms with Crippen LogP contribution in [0.25, 0.3) is 0 Å². The van der Waals surface area contributed by atoms with Gasteiger partial charge < -0.3 is 0 Å². The van der Waals surface area contributed by atoms with Crippen molar-refractivity contribution >= 4 is 22.4 Å². The third kappa shape index (κ3) is 1.85. The molecule has 1 aromatic rings. The van der Waals surface area contributed by atoms with E-state index in [-0.39, 0.29) is 5.91 Å². The van der Waals surface area contributed by atoms with Gasteiger partial charge in [-0.15, -0.1) is 11.3 Å². The number of aromatic nitrogens is 1. The summed E-state index contributed by atoms with van der Waals surface area (Å²) in [5.74, 6) is -0.184. The molecule has 0 aromatic carbocycles. The largest absolute Gasteiger partial charge is 0.298 e. The second-order valence-electron chi connectivity index (χ2n) is 3.29. The van der Waals surface area contributed by atoms with Crippen molar-refractivity contribution in [1.29, 1.82) is 0 Å². The van der Waals surface area contributed by atoms with E-state index in [1.165, 1.54) is 29.5 Å². The minimum Gasteiger partial charge on any atom is -0.298 e. The van der Waals surface area contributed by atoms with E-state index in [0.29, 0.717) is 5.13 Å². The van der Waals surface area contributed by atoms with Crippen molar-refractivity contribution in [2.75, 3.05) is 5.32 Å². The van der Waals surface area contributed by atoms with E-state index in [9.17, 15) is 4.79 Å². The van der Waals surface area contributed by atoms with Crippen LogP contribution in [0.1, 0.15) is 23.4 Å². The van der Waals surface area contributed by atoms with Gasteiger partial charge in [-0.05, 0) is 31.8 Å². The first-order chi connectivity index (χ1) is 6.79. The summed E-state index contributed by atoms with van der Waals surface area (Å²) < 4.78 is 0. The number of amides is 1. The van der Waals surface area contributed by atoms with Gasteiger partial charge in [0, 0.05) is 4.88 Å². The lowest BCUT2D eigenvalue weighted by molar-refractivity contribution is -0.111. The van der Waals surface area contributed by atoms with Crippen LogP contribution in [0.5, 0.6) is 0 Å². The molecule has 0 aliphatic heterocycles. The smallest absolute Gasteiger partial charge is 0.249 e. The molecule has 1 aliphatic carbocycles. The van der Waals surface area contributed by atoms with Gasteiger partial charge in [-0.3, -0.25) is 10.1 Å². The summed E-state index contributed by atoms with van der Waals surface area (Å²) in [7, 11) is 0. The molecular formula is C10H12N2OS. The van der Waals surface area contributed by atoms with Crippen LogP contribution in [0.15, 0.2) is 12.7 Å². The molecule has 4 heteroatoms. The minimum absolute atomic E-state index is 0.184. The fourth-order valence-electron chi connectivity index (χ4n) is 1.56. The number of rotatable bonds is 2. The topological polar surface area (TPSA) is 42.0 Å². The highest BCUT2D eigenvalue weighted by Crippen LogP contribution is 2.29. The van der Waals surface area contributed by atoms with Crippen molar-refractivity contribution < 1.29 is 4.79 Å². The van der Waals surface area contributed by atoms with Crippen LogP contribution in [0, 0.1) is 0 Å². The summed E-state index contributed by atoms with van der Waals surface area (Å²) in [6.45, 7) is 3.40. The lowest BCUT2D eigenvalue weighted by Gasteiger charge is -2.06. The highest BCUT2D eigenvalue weighted by atomic mass is 32.1. The predicted octanol–water partition coefficient (Wildman–Crippen LogP) is 2.15. The summed E-state index contributed by atoms with van der Waals surface area (Å²) >= 11 is 1.59. The molecule has 1 amide bonds. The fraction of sp³-hybridized carbons (Fsp3) is 0.400. The normalized spacial score (nSPS) is 14.6. The molecule has 0 saturated heterocycles. The number of hydrogen-bond donors (Lipinski definition) is 1.